The second-order valence-corrected chi connectivity index (χ2v) is 5.67. The Bertz CT molecular complexity index is 929. The first-order valence-electron chi connectivity index (χ1n) is 8.18. The monoisotopic (exact) mass is 388 g/mol. The third kappa shape index (κ3) is 5.47. The lowest BCUT2D eigenvalue weighted by molar-refractivity contribution is -0.274. The number of hydrogen-bond donors (Lipinski definition) is 1. The summed E-state index contributed by atoms with van der Waals surface area (Å²) in [6.07, 6.45) is -1.51. The number of rotatable bonds is 6. The summed E-state index contributed by atoms with van der Waals surface area (Å²) in [4.78, 5) is 16.3. The van der Waals surface area contributed by atoms with E-state index in [0.717, 1.165) is 11.6 Å². The normalized spacial score (nSPS) is 11.0. The number of halogens is 3. The van der Waals surface area contributed by atoms with E-state index in [1.54, 1.807) is 30.6 Å². The largest absolute Gasteiger partial charge is 0.573 e. The standard InChI is InChI=1S/C20H15F3N2O3/c21-20(22,23)28-18-6-2-1-5-17(18)25-19(26)15-7-9-16(10-8-15)27-13-14-4-3-11-24-12-14/h1-12H,13H2,(H,25,26). The van der Waals surface area contributed by atoms with Crippen molar-refractivity contribution in [1.82, 2.24) is 4.98 Å². The summed E-state index contributed by atoms with van der Waals surface area (Å²) >= 11 is 0. The molecule has 0 aliphatic rings. The lowest BCUT2D eigenvalue weighted by Crippen LogP contribution is -2.19. The average molecular weight is 388 g/mol. The van der Waals surface area contributed by atoms with E-state index >= 15 is 0 Å². The van der Waals surface area contributed by atoms with Gasteiger partial charge in [0.15, 0.2) is 5.75 Å². The number of para-hydroxylation sites is 2. The Balaban J connectivity index is 1.64. The molecule has 0 radical (unpaired) electrons. The van der Waals surface area contributed by atoms with E-state index in [-0.39, 0.29) is 11.3 Å². The third-order valence-electron chi connectivity index (χ3n) is 3.61. The van der Waals surface area contributed by atoms with Crippen molar-refractivity contribution in [3.63, 3.8) is 0 Å². The molecule has 0 fully saturated rings. The fourth-order valence-corrected chi connectivity index (χ4v) is 2.33. The maximum atomic E-state index is 12.5. The molecule has 0 unspecified atom stereocenters. The van der Waals surface area contributed by atoms with E-state index < -0.39 is 18.0 Å². The van der Waals surface area contributed by atoms with Gasteiger partial charge in [-0.15, -0.1) is 13.2 Å². The Morgan fingerprint density at radius 3 is 2.43 bits per heavy atom. The molecule has 28 heavy (non-hydrogen) atoms. The molecule has 2 aromatic carbocycles. The molecule has 1 heterocycles. The molecule has 0 bridgehead atoms. The van der Waals surface area contributed by atoms with Gasteiger partial charge in [-0.2, -0.15) is 0 Å². The molecule has 5 nitrogen and oxygen atoms in total. The van der Waals surface area contributed by atoms with Gasteiger partial charge >= 0.3 is 6.36 Å². The van der Waals surface area contributed by atoms with Crippen molar-refractivity contribution in [3.8, 4) is 11.5 Å². The maximum absolute atomic E-state index is 12.5. The van der Waals surface area contributed by atoms with E-state index in [1.165, 1.54) is 30.3 Å². The predicted molar refractivity (Wildman–Crippen MR) is 96.1 cm³/mol. The minimum absolute atomic E-state index is 0.0817. The second kappa shape index (κ2) is 8.43. The first-order chi connectivity index (χ1) is 13.4. The number of aromatic nitrogens is 1. The zero-order valence-corrected chi connectivity index (χ0v) is 14.4. The highest BCUT2D eigenvalue weighted by atomic mass is 19.4. The smallest absolute Gasteiger partial charge is 0.489 e. The molecule has 0 spiro atoms. The van der Waals surface area contributed by atoms with Crippen LogP contribution in [0.4, 0.5) is 18.9 Å². The summed E-state index contributed by atoms with van der Waals surface area (Å²) in [6.45, 7) is 0.321. The number of nitrogens with one attached hydrogen (secondary N) is 1. The Morgan fingerprint density at radius 2 is 1.75 bits per heavy atom. The molecule has 3 aromatic rings. The summed E-state index contributed by atoms with van der Waals surface area (Å²) in [7, 11) is 0. The molecule has 144 valence electrons. The topological polar surface area (TPSA) is 60.5 Å². The molecule has 1 N–H and O–H groups in total. The van der Waals surface area contributed by atoms with Crippen molar-refractivity contribution >= 4 is 11.6 Å². The fourth-order valence-electron chi connectivity index (χ4n) is 2.33. The highest BCUT2D eigenvalue weighted by Gasteiger charge is 2.32. The van der Waals surface area contributed by atoms with Crippen LogP contribution in [0.5, 0.6) is 11.5 Å². The van der Waals surface area contributed by atoms with Crippen molar-refractivity contribution in [1.29, 1.82) is 0 Å². The molecular weight excluding hydrogens is 373 g/mol. The molecule has 0 saturated heterocycles. The van der Waals surface area contributed by atoms with E-state index in [4.69, 9.17) is 4.74 Å². The highest BCUT2D eigenvalue weighted by Crippen LogP contribution is 2.30. The van der Waals surface area contributed by atoms with Crippen LogP contribution in [0.25, 0.3) is 0 Å². The molecule has 0 aliphatic heterocycles. The quantitative estimate of drug-likeness (QED) is 0.658. The van der Waals surface area contributed by atoms with Crippen LogP contribution in [0.1, 0.15) is 15.9 Å². The number of benzene rings is 2. The van der Waals surface area contributed by atoms with Crippen LogP contribution >= 0.6 is 0 Å². The van der Waals surface area contributed by atoms with Gasteiger partial charge in [0.1, 0.15) is 12.4 Å². The van der Waals surface area contributed by atoms with Gasteiger partial charge in [0, 0.05) is 23.5 Å². The Kier molecular flexibility index (Phi) is 5.78. The van der Waals surface area contributed by atoms with Crippen molar-refractivity contribution in [2.75, 3.05) is 5.32 Å². The van der Waals surface area contributed by atoms with Crippen LogP contribution in [-0.2, 0) is 6.61 Å². The number of carbonyl (C=O) groups excluding carboxylic acids is 1. The van der Waals surface area contributed by atoms with Gasteiger partial charge in [-0.3, -0.25) is 9.78 Å². The van der Waals surface area contributed by atoms with E-state index in [2.05, 4.69) is 15.0 Å². The summed E-state index contributed by atoms with van der Waals surface area (Å²) < 4.78 is 46.9. The Morgan fingerprint density at radius 1 is 1.00 bits per heavy atom. The minimum Gasteiger partial charge on any atom is -0.489 e. The summed E-state index contributed by atoms with van der Waals surface area (Å²) in [5, 5.41) is 2.41. The highest BCUT2D eigenvalue weighted by molar-refractivity contribution is 6.05. The van der Waals surface area contributed by atoms with Gasteiger partial charge in [-0.25, -0.2) is 0 Å². The first kappa shape index (κ1) is 19.2. The molecule has 1 aromatic heterocycles. The summed E-state index contributed by atoms with van der Waals surface area (Å²) in [5.74, 6) is -0.516. The SMILES string of the molecule is O=C(Nc1ccccc1OC(F)(F)F)c1ccc(OCc2cccnc2)cc1. The van der Waals surface area contributed by atoms with Crippen molar-refractivity contribution in [2.24, 2.45) is 0 Å². The Hall–Kier alpha value is -3.55. The summed E-state index contributed by atoms with van der Waals surface area (Å²) in [5.41, 5.74) is 1.07. The molecule has 3 rings (SSSR count). The number of hydrogen-bond acceptors (Lipinski definition) is 4. The van der Waals surface area contributed by atoms with E-state index in [9.17, 15) is 18.0 Å². The van der Waals surface area contributed by atoms with E-state index in [0.29, 0.717) is 12.4 Å². The molecule has 8 heteroatoms. The summed E-state index contributed by atoms with van der Waals surface area (Å²) in [6, 6.07) is 15.2. The lowest BCUT2D eigenvalue weighted by atomic mass is 10.2. The zero-order valence-electron chi connectivity index (χ0n) is 14.4. The Labute approximate surface area is 158 Å². The number of anilines is 1. The number of alkyl halides is 3. The average Bonchev–Trinajstić information content (AvgIpc) is 2.68. The van der Waals surface area contributed by atoms with Crippen LogP contribution in [-0.4, -0.2) is 17.3 Å². The molecule has 1 amide bonds. The van der Waals surface area contributed by atoms with Crippen LogP contribution in [0.3, 0.4) is 0 Å². The van der Waals surface area contributed by atoms with Crippen molar-refractivity contribution < 1.29 is 27.4 Å². The molecule has 0 atom stereocenters. The predicted octanol–water partition coefficient (Wildman–Crippen LogP) is 4.81. The van der Waals surface area contributed by atoms with Gasteiger partial charge in [0.25, 0.3) is 5.91 Å². The maximum Gasteiger partial charge on any atom is 0.573 e. The van der Waals surface area contributed by atoms with Gasteiger partial charge in [0.2, 0.25) is 0 Å². The van der Waals surface area contributed by atoms with Gasteiger partial charge in [0.05, 0.1) is 5.69 Å². The minimum atomic E-state index is -4.85. The number of nitrogens with zero attached hydrogens (tertiary/aromatic N) is 1. The molecular formula is C20H15F3N2O3. The number of ether oxygens (including phenoxy) is 2. The zero-order chi connectivity index (χ0) is 20.0. The van der Waals surface area contributed by atoms with Crippen LogP contribution in [0, 0.1) is 0 Å². The van der Waals surface area contributed by atoms with Gasteiger partial charge < -0.3 is 14.8 Å². The number of carbonyl (C=O) groups is 1. The number of pyridine rings is 1. The fraction of sp³-hybridized carbons (Fsp3) is 0.100. The second-order valence-electron chi connectivity index (χ2n) is 5.67. The third-order valence-corrected chi connectivity index (χ3v) is 3.61. The van der Waals surface area contributed by atoms with Crippen LogP contribution in [0.2, 0.25) is 0 Å². The molecule has 0 saturated carbocycles. The van der Waals surface area contributed by atoms with Gasteiger partial charge in [-0.1, -0.05) is 18.2 Å². The lowest BCUT2D eigenvalue weighted by Gasteiger charge is -2.14. The van der Waals surface area contributed by atoms with Crippen molar-refractivity contribution in [3.05, 3.63) is 84.2 Å². The van der Waals surface area contributed by atoms with E-state index in [1.807, 2.05) is 6.07 Å². The van der Waals surface area contributed by atoms with Crippen LogP contribution in [0.15, 0.2) is 73.1 Å². The van der Waals surface area contributed by atoms with Crippen LogP contribution < -0.4 is 14.8 Å². The van der Waals surface area contributed by atoms with Gasteiger partial charge in [-0.05, 0) is 42.5 Å². The van der Waals surface area contributed by atoms with Crippen molar-refractivity contribution in [2.45, 2.75) is 13.0 Å². The molecule has 0 aliphatic carbocycles. The first-order valence-corrected chi connectivity index (χ1v) is 8.18. The number of amides is 1.